The highest BCUT2D eigenvalue weighted by Crippen LogP contribution is 2.32. The van der Waals surface area contributed by atoms with Gasteiger partial charge in [-0.25, -0.2) is 0 Å². The molecule has 0 bridgehead atoms. The molecule has 0 saturated heterocycles. The van der Waals surface area contributed by atoms with Crippen molar-refractivity contribution >= 4 is 0 Å². The topological polar surface area (TPSA) is 12.0 Å². The lowest BCUT2D eigenvalue weighted by Crippen LogP contribution is -2.49. The van der Waals surface area contributed by atoms with Gasteiger partial charge in [0.1, 0.15) is 0 Å². The van der Waals surface area contributed by atoms with E-state index in [2.05, 4.69) is 5.32 Å². The molecule has 0 aromatic rings. The Morgan fingerprint density at radius 2 is 1.22 bits per heavy atom. The van der Waals surface area contributed by atoms with E-state index in [0.717, 1.165) is 13.8 Å². The zero-order valence-electron chi connectivity index (χ0n) is 10.8. The van der Waals surface area contributed by atoms with Crippen LogP contribution in [0.4, 0.5) is 26.3 Å². The van der Waals surface area contributed by atoms with Gasteiger partial charge in [-0.3, -0.25) is 0 Å². The molecule has 0 spiro atoms. The van der Waals surface area contributed by atoms with Gasteiger partial charge in [0.2, 0.25) is 0 Å². The predicted octanol–water partition coefficient (Wildman–Crippen LogP) is 4.14. The molecule has 0 aliphatic heterocycles. The fourth-order valence-electron chi connectivity index (χ4n) is 1.61. The summed E-state index contributed by atoms with van der Waals surface area (Å²) in [5, 5.41) is 2.44. The molecule has 0 aliphatic carbocycles. The molecular weight excluding hydrogens is 260 g/mol. The first-order valence-electron chi connectivity index (χ1n) is 5.80. The Bertz CT molecular complexity index is 247. The molecule has 0 aliphatic rings. The van der Waals surface area contributed by atoms with Crippen molar-refractivity contribution in [1.29, 1.82) is 0 Å². The number of nitrogens with one attached hydrogen (secondary N) is 1. The van der Waals surface area contributed by atoms with Gasteiger partial charge in [0.25, 0.3) is 0 Å². The van der Waals surface area contributed by atoms with E-state index in [9.17, 15) is 26.3 Å². The van der Waals surface area contributed by atoms with Crippen molar-refractivity contribution in [2.75, 3.05) is 0 Å². The standard InChI is InChI=1S/C11H19F6N/c1-5-9(7(3)11(15,16)17)18-8(4)6(2)10(12,13)14/h6-9,18H,5H2,1-4H3/t6?,7-,8+,9?/m1/s1. The molecule has 0 rings (SSSR count). The second-order valence-electron chi connectivity index (χ2n) is 4.63. The van der Waals surface area contributed by atoms with E-state index in [1.165, 1.54) is 13.8 Å². The fraction of sp³-hybridized carbons (Fsp3) is 1.00. The minimum Gasteiger partial charge on any atom is -0.310 e. The Hall–Kier alpha value is -0.460. The molecule has 110 valence electrons. The lowest BCUT2D eigenvalue weighted by Gasteiger charge is -2.32. The third-order valence-corrected chi connectivity index (χ3v) is 3.30. The quantitative estimate of drug-likeness (QED) is 0.746. The van der Waals surface area contributed by atoms with Crippen molar-refractivity contribution in [1.82, 2.24) is 5.32 Å². The average Bonchev–Trinajstić information content (AvgIpc) is 2.20. The molecule has 7 heteroatoms. The van der Waals surface area contributed by atoms with Crippen LogP contribution in [0.25, 0.3) is 0 Å². The number of rotatable bonds is 5. The van der Waals surface area contributed by atoms with Gasteiger partial charge in [0.05, 0.1) is 11.8 Å². The number of halogens is 6. The van der Waals surface area contributed by atoms with E-state index < -0.39 is 36.3 Å². The lowest BCUT2D eigenvalue weighted by molar-refractivity contribution is -0.186. The van der Waals surface area contributed by atoms with Crippen molar-refractivity contribution in [3.8, 4) is 0 Å². The first kappa shape index (κ1) is 17.5. The van der Waals surface area contributed by atoms with Gasteiger partial charge in [0.15, 0.2) is 0 Å². The fourth-order valence-corrected chi connectivity index (χ4v) is 1.61. The van der Waals surface area contributed by atoms with Gasteiger partial charge in [-0.1, -0.05) is 20.8 Å². The highest BCUT2D eigenvalue weighted by atomic mass is 19.4. The van der Waals surface area contributed by atoms with Crippen LogP contribution in [0.3, 0.4) is 0 Å². The molecule has 0 heterocycles. The third kappa shape index (κ3) is 5.04. The maximum atomic E-state index is 12.5. The van der Waals surface area contributed by atoms with Crippen LogP contribution in [0.1, 0.15) is 34.1 Å². The average molecular weight is 279 g/mol. The largest absolute Gasteiger partial charge is 0.393 e. The van der Waals surface area contributed by atoms with Gasteiger partial charge in [-0.05, 0) is 13.3 Å². The summed E-state index contributed by atoms with van der Waals surface area (Å²) < 4.78 is 74.8. The lowest BCUT2D eigenvalue weighted by atomic mass is 9.95. The molecule has 18 heavy (non-hydrogen) atoms. The Morgan fingerprint density at radius 1 is 0.833 bits per heavy atom. The van der Waals surface area contributed by atoms with Crippen LogP contribution >= 0.6 is 0 Å². The van der Waals surface area contributed by atoms with Gasteiger partial charge in [-0.2, -0.15) is 26.3 Å². The molecule has 0 radical (unpaired) electrons. The van der Waals surface area contributed by atoms with Crippen molar-refractivity contribution < 1.29 is 26.3 Å². The van der Waals surface area contributed by atoms with Crippen LogP contribution in [-0.2, 0) is 0 Å². The van der Waals surface area contributed by atoms with Crippen LogP contribution in [0, 0.1) is 11.8 Å². The van der Waals surface area contributed by atoms with Crippen LogP contribution in [-0.4, -0.2) is 24.4 Å². The monoisotopic (exact) mass is 279 g/mol. The summed E-state index contributed by atoms with van der Waals surface area (Å²) in [4.78, 5) is 0. The molecule has 0 saturated carbocycles. The Labute approximate surface area is 103 Å². The maximum absolute atomic E-state index is 12.5. The van der Waals surface area contributed by atoms with Gasteiger partial charge >= 0.3 is 12.4 Å². The van der Waals surface area contributed by atoms with E-state index in [4.69, 9.17) is 0 Å². The Balaban J connectivity index is 4.65. The summed E-state index contributed by atoms with van der Waals surface area (Å²) in [6.45, 7) is 4.71. The Morgan fingerprint density at radius 3 is 1.50 bits per heavy atom. The maximum Gasteiger partial charge on any atom is 0.393 e. The van der Waals surface area contributed by atoms with E-state index in [1.54, 1.807) is 0 Å². The van der Waals surface area contributed by atoms with Gasteiger partial charge < -0.3 is 5.32 Å². The number of alkyl halides is 6. The zero-order valence-corrected chi connectivity index (χ0v) is 10.8. The van der Waals surface area contributed by atoms with Crippen LogP contribution in [0.2, 0.25) is 0 Å². The number of hydrogen-bond acceptors (Lipinski definition) is 1. The molecule has 1 nitrogen and oxygen atoms in total. The minimum absolute atomic E-state index is 0.121. The summed E-state index contributed by atoms with van der Waals surface area (Å²) in [7, 11) is 0. The molecule has 0 fully saturated rings. The molecule has 0 amide bonds. The molecular formula is C11H19F6N. The first-order chi connectivity index (χ1) is 7.91. The summed E-state index contributed by atoms with van der Waals surface area (Å²) in [5.74, 6) is -3.36. The SMILES string of the molecule is CCC(N[C@@H](C)C(C)C(F)(F)F)[C@@H](C)C(F)(F)F. The second kappa shape index (κ2) is 6.12. The van der Waals surface area contributed by atoms with Crippen LogP contribution in [0.15, 0.2) is 0 Å². The van der Waals surface area contributed by atoms with E-state index >= 15 is 0 Å². The highest BCUT2D eigenvalue weighted by molar-refractivity contribution is 4.83. The smallest absolute Gasteiger partial charge is 0.310 e. The zero-order chi connectivity index (χ0) is 14.7. The normalized spacial score (nSPS) is 20.3. The van der Waals surface area contributed by atoms with Crippen LogP contribution in [0.5, 0.6) is 0 Å². The summed E-state index contributed by atoms with van der Waals surface area (Å²) in [6.07, 6.45) is -8.70. The molecule has 0 aromatic heterocycles. The predicted molar refractivity (Wildman–Crippen MR) is 57.1 cm³/mol. The summed E-state index contributed by atoms with van der Waals surface area (Å²) in [5.41, 5.74) is 0. The van der Waals surface area contributed by atoms with E-state index in [0.29, 0.717) is 0 Å². The first-order valence-corrected chi connectivity index (χ1v) is 5.80. The van der Waals surface area contributed by atoms with Gasteiger partial charge in [0, 0.05) is 12.1 Å². The minimum atomic E-state index is -4.41. The molecule has 4 atom stereocenters. The van der Waals surface area contributed by atoms with E-state index in [-0.39, 0.29) is 6.42 Å². The second-order valence-corrected chi connectivity index (χ2v) is 4.63. The van der Waals surface area contributed by atoms with Crippen molar-refractivity contribution in [2.45, 2.75) is 58.6 Å². The molecule has 0 aromatic carbocycles. The van der Waals surface area contributed by atoms with Crippen molar-refractivity contribution in [3.63, 3.8) is 0 Å². The van der Waals surface area contributed by atoms with Gasteiger partial charge in [-0.15, -0.1) is 0 Å². The molecule has 1 N–H and O–H groups in total. The third-order valence-electron chi connectivity index (χ3n) is 3.30. The summed E-state index contributed by atoms with van der Waals surface area (Å²) >= 11 is 0. The molecule has 2 unspecified atom stereocenters. The van der Waals surface area contributed by atoms with Crippen molar-refractivity contribution in [3.05, 3.63) is 0 Å². The summed E-state index contributed by atoms with van der Waals surface area (Å²) in [6, 6.07) is -2.07. The van der Waals surface area contributed by atoms with Crippen LogP contribution < -0.4 is 5.32 Å². The Kier molecular flexibility index (Phi) is 5.97. The van der Waals surface area contributed by atoms with E-state index in [1.807, 2.05) is 0 Å². The number of hydrogen-bond donors (Lipinski definition) is 1. The van der Waals surface area contributed by atoms with Crippen molar-refractivity contribution in [2.24, 2.45) is 11.8 Å². The highest BCUT2D eigenvalue weighted by Gasteiger charge is 2.44.